The van der Waals surface area contributed by atoms with Crippen LogP contribution >= 0.6 is 0 Å². The van der Waals surface area contributed by atoms with Gasteiger partial charge in [0.15, 0.2) is 5.82 Å². The highest BCUT2D eigenvalue weighted by molar-refractivity contribution is 5.77. The second-order valence-corrected chi connectivity index (χ2v) is 4.49. The van der Waals surface area contributed by atoms with E-state index in [1.54, 1.807) is 7.05 Å². The van der Waals surface area contributed by atoms with Gasteiger partial charge in [0.1, 0.15) is 0 Å². The summed E-state index contributed by atoms with van der Waals surface area (Å²) in [7, 11) is 1.76. The minimum atomic E-state index is 0.590. The molecule has 18 heavy (non-hydrogen) atoms. The van der Waals surface area contributed by atoms with E-state index in [1.807, 2.05) is 10.9 Å². The van der Waals surface area contributed by atoms with Crippen LogP contribution in [0.1, 0.15) is 17.0 Å². The average Bonchev–Trinajstić information content (AvgIpc) is 2.89. The molecule has 3 aromatic rings. The van der Waals surface area contributed by atoms with Crippen molar-refractivity contribution < 1.29 is 0 Å². The highest BCUT2D eigenvalue weighted by Crippen LogP contribution is 2.18. The third kappa shape index (κ3) is 1.75. The van der Waals surface area contributed by atoms with Gasteiger partial charge in [-0.1, -0.05) is 0 Å². The van der Waals surface area contributed by atoms with Crippen LogP contribution in [-0.4, -0.2) is 29.8 Å². The Hall–Kier alpha value is -2.24. The molecule has 2 aromatic heterocycles. The number of hydrogen-bond donors (Lipinski definition) is 0. The molecule has 0 saturated heterocycles. The van der Waals surface area contributed by atoms with Gasteiger partial charge in [0.25, 0.3) is 0 Å². The zero-order valence-corrected chi connectivity index (χ0v) is 10.6. The summed E-state index contributed by atoms with van der Waals surface area (Å²) in [5.74, 6) is 0.690. The molecule has 0 spiro atoms. The van der Waals surface area contributed by atoms with Crippen molar-refractivity contribution in [2.75, 3.05) is 0 Å². The van der Waals surface area contributed by atoms with Gasteiger partial charge in [-0.15, -0.1) is 10.2 Å². The molecule has 1 aromatic carbocycles. The fourth-order valence-electron chi connectivity index (χ4n) is 1.98. The van der Waals surface area contributed by atoms with Crippen LogP contribution in [-0.2, 0) is 13.6 Å². The smallest absolute Gasteiger partial charge is 0.194 e. The fraction of sp³-hybridized carbons (Fsp3) is 0.333. The molecule has 6 nitrogen and oxygen atoms in total. The minimum Gasteiger partial charge on any atom is -0.323 e. The largest absolute Gasteiger partial charge is 0.323 e. The summed E-state index contributed by atoms with van der Waals surface area (Å²) in [4.78, 5) is 5.87. The first-order chi connectivity index (χ1) is 8.63. The SMILES string of the molecule is Cc1cc2ncn(Cc3nnn(C)n3)c2cc1C. The van der Waals surface area contributed by atoms with Crippen LogP contribution in [0.3, 0.4) is 0 Å². The van der Waals surface area contributed by atoms with Crippen LogP contribution in [0.4, 0.5) is 0 Å². The number of hydrogen-bond acceptors (Lipinski definition) is 4. The molecule has 92 valence electrons. The molecule has 0 fully saturated rings. The first-order valence-electron chi connectivity index (χ1n) is 5.78. The fourth-order valence-corrected chi connectivity index (χ4v) is 1.98. The van der Waals surface area contributed by atoms with Gasteiger partial charge in [0.2, 0.25) is 0 Å². The number of benzene rings is 1. The van der Waals surface area contributed by atoms with Gasteiger partial charge in [0.05, 0.1) is 31.0 Å². The van der Waals surface area contributed by atoms with Crippen molar-refractivity contribution in [2.24, 2.45) is 7.05 Å². The van der Waals surface area contributed by atoms with Gasteiger partial charge >= 0.3 is 0 Å². The van der Waals surface area contributed by atoms with Crippen molar-refractivity contribution in [2.45, 2.75) is 20.4 Å². The highest BCUT2D eigenvalue weighted by Gasteiger charge is 2.07. The van der Waals surface area contributed by atoms with Crippen molar-refractivity contribution in [3.05, 3.63) is 35.4 Å². The molecule has 2 heterocycles. The van der Waals surface area contributed by atoms with Crippen LogP contribution in [0.25, 0.3) is 11.0 Å². The number of imidazole rings is 1. The number of rotatable bonds is 2. The summed E-state index contributed by atoms with van der Waals surface area (Å²) in [5.41, 5.74) is 4.62. The molecule has 6 heteroatoms. The Balaban J connectivity index is 2.04. The Morgan fingerprint density at radius 1 is 1.17 bits per heavy atom. The summed E-state index contributed by atoms with van der Waals surface area (Å²) < 4.78 is 2.04. The minimum absolute atomic E-state index is 0.590. The second kappa shape index (κ2) is 3.90. The third-order valence-electron chi connectivity index (χ3n) is 3.10. The molecule has 0 amide bonds. The summed E-state index contributed by atoms with van der Waals surface area (Å²) in [6, 6.07) is 4.25. The molecule has 0 aliphatic heterocycles. The van der Waals surface area contributed by atoms with Crippen molar-refractivity contribution in [1.82, 2.24) is 29.8 Å². The molecule has 0 unspecified atom stereocenters. The molecule has 0 N–H and O–H groups in total. The first-order valence-corrected chi connectivity index (χ1v) is 5.78. The summed E-state index contributed by atoms with van der Waals surface area (Å²) >= 11 is 0. The molecule has 0 bridgehead atoms. The Bertz CT molecular complexity index is 709. The topological polar surface area (TPSA) is 61.4 Å². The summed E-state index contributed by atoms with van der Waals surface area (Å²) in [6.45, 7) is 4.79. The van der Waals surface area contributed by atoms with Crippen LogP contribution in [0.5, 0.6) is 0 Å². The zero-order valence-electron chi connectivity index (χ0n) is 10.6. The summed E-state index contributed by atoms with van der Waals surface area (Å²) in [5, 5.41) is 12.0. The molecule has 0 atom stereocenters. The van der Waals surface area contributed by atoms with E-state index in [-0.39, 0.29) is 0 Å². The zero-order chi connectivity index (χ0) is 12.7. The van der Waals surface area contributed by atoms with Gasteiger partial charge < -0.3 is 4.57 Å². The van der Waals surface area contributed by atoms with Crippen LogP contribution < -0.4 is 0 Å². The van der Waals surface area contributed by atoms with E-state index < -0.39 is 0 Å². The molecule has 0 radical (unpaired) electrons. The standard InChI is InChI=1S/C12H14N6/c1-8-4-10-11(5-9(8)2)18(7-13-10)6-12-14-16-17(3)15-12/h4-5,7H,6H2,1-3H3. The van der Waals surface area contributed by atoms with E-state index >= 15 is 0 Å². The number of aryl methyl sites for hydroxylation is 3. The second-order valence-electron chi connectivity index (χ2n) is 4.49. The van der Waals surface area contributed by atoms with Crippen LogP contribution in [0.2, 0.25) is 0 Å². The summed E-state index contributed by atoms with van der Waals surface area (Å²) in [6.07, 6.45) is 1.82. The molecular formula is C12H14N6. The Kier molecular flexibility index (Phi) is 2.36. The lowest BCUT2D eigenvalue weighted by atomic mass is 10.1. The molecular weight excluding hydrogens is 228 g/mol. The lowest BCUT2D eigenvalue weighted by Crippen LogP contribution is -2.01. The number of tetrazole rings is 1. The van der Waals surface area contributed by atoms with Crippen molar-refractivity contribution in [3.63, 3.8) is 0 Å². The monoisotopic (exact) mass is 242 g/mol. The third-order valence-corrected chi connectivity index (χ3v) is 3.10. The molecule has 0 aliphatic rings. The first kappa shape index (κ1) is 10.9. The van der Waals surface area contributed by atoms with Gasteiger partial charge in [-0.05, 0) is 42.3 Å². The van der Waals surface area contributed by atoms with Crippen LogP contribution in [0, 0.1) is 13.8 Å². The highest BCUT2D eigenvalue weighted by atomic mass is 15.6. The maximum absolute atomic E-state index is 4.40. The molecule has 3 rings (SSSR count). The maximum atomic E-state index is 4.40. The molecule has 0 aliphatic carbocycles. The van der Waals surface area contributed by atoms with Gasteiger partial charge in [-0.2, -0.15) is 4.80 Å². The predicted octanol–water partition coefficient (Wildman–Crippen LogP) is 1.22. The quantitative estimate of drug-likeness (QED) is 0.678. The Morgan fingerprint density at radius 3 is 2.67 bits per heavy atom. The van der Waals surface area contributed by atoms with E-state index in [0.717, 1.165) is 11.0 Å². The van der Waals surface area contributed by atoms with Crippen molar-refractivity contribution in [3.8, 4) is 0 Å². The maximum Gasteiger partial charge on any atom is 0.194 e. The van der Waals surface area contributed by atoms with Crippen molar-refractivity contribution >= 4 is 11.0 Å². The van der Waals surface area contributed by atoms with E-state index in [2.05, 4.69) is 46.4 Å². The number of aromatic nitrogens is 6. The van der Waals surface area contributed by atoms with Crippen LogP contribution in [0.15, 0.2) is 18.5 Å². The average molecular weight is 242 g/mol. The van der Waals surface area contributed by atoms with E-state index in [4.69, 9.17) is 0 Å². The van der Waals surface area contributed by atoms with Gasteiger partial charge in [-0.3, -0.25) is 0 Å². The number of nitrogens with zero attached hydrogens (tertiary/aromatic N) is 6. The van der Waals surface area contributed by atoms with Crippen molar-refractivity contribution in [1.29, 1.82) is 0 Å². The van der Waals surface area contributed by atoms with Gasteiger partial charge in [-0.25, -0.2) is 4.98 Å². The lowest BCUT2D eigenvalue weighted by molar-refractivity contribution is 0.625. The van der Waals surface area contributed by atoms with Gasteiger partial charge in [0, 0.05) is 0 Å². The molecule has 0 saturated carbocycles. The number of fused-ring (bicyclic) bond motifs is 1. The normalized spacial score (nSPS) is 11.3. The lowest BCUT2D eigenvalue weighted by Gasteiger charge is -2.03. The van der Waals surface area contributed by atoms with E-state index in [0.29, 0.717) is 12.4 Å². The predicted molar refractivity (Wildman–Crippen MR) is 67.1 cm³/mol. The van der Waals surface area contributed by atoms with E-state index in [9.17, 15) is 0 Å². The van der Waals surface area contributed by atoms with E-state index in [1.165, 1.54) is 15.9 Å². The Morgan fingerprint density at radius 2 is 1.94 bits per heavy atom. The Labute approximate surface area is 104 Å².